The largest absolute Gasteiger partial charge is 0.365 e. The Kier molecular flexibility index (Phi) is 6.04. The van der Waals surface area contributed by atoms with E-state index in [1.54, 1.807) is 6.20 Å². The van der Waals surface area contributed by atoms with Crippen molar-refractivity contribution >= 4 is 33.2 Å². The van der Waals surface area contributed by atoms with Gasteiger partial charge in [-0.05, 0) is 45.3 Å². The Hall–Kier alpha value is -1.57. The lowest BCUT2D eigenvalue weighted by molar-refractivity contribution is 0.793. The van der Waals surface area contributed by atoms with Gasteiger partial charge in [0.25, 0.3) is 0 Å². The molecule has 108 valence electrons. The summed E-state index contributed by atoms with van der Waals surface area (Å²) < 4.78 is 0.988. The minimum atomic E-state index is 0.476. The molecule has 0 aliphatic heterocycles. The van der Waals surface area contributed by atoms with Crippen molar-refractivity contribution in [1.29, 1.82) is 5.26 Å². The van der Waals surface area contributed by atoms with Crippen LogP contribution in [0.25, 0.3) is 0 Å². The number of pyridine rings is 1. The van der Waals surface area contributed by atoms with Crippen LogP contribution in [0.5, 0.6) is 0 Å². The van der Waals surface area contributed by atoms with Gasteiger partial charge in [-0.3, -0.25) is 4.98 Å². The maximum atomic E-state index is 8.86. The van der Waals surface area contributed by atoms with Crippen LogP contribution < -0.4 is 4.90 Å². The van der Waals surface area contributed by atoms with E-state index in [-0.39, 0.29) is 0 Å². The fourth-order valence-electron chi connectivity index (χ4n) is 2.07. The van der Waals surface area contributed by atoms with E-state index in [9.17, 15) is 0 Å². The van der Waals surface area contributed by atoms with Crippen LogP contribution in [0.15, 0.2) is 47.2 Å². The van der Waals surface area contributed by atoms with Crippen molar-refractivity contribution in [3.05, 3.63) is 58.3 Å². The molecule has 2 rings (SSSR count). The van der Waals surface area contributed by atoms with Crippen LogP contribution in [0.1, 0.15) is 17.5 Å². The average Bonchev–Trinajstić information content (AvgIpc) is 2.52. The fourth-order valence-corrected chi connectivity index (χ4v) is 2.91. The highest BCUT2D eigenvalue weighted by Gasteiger charge is 2.11. The van der Waals surface area contributed by atoms with E-state index in [0.717, 1.165) is 21.3 Å². The van der Waals surface area contributed by atoms with E-state index in [0.29, 0.717) is 25.4 Å². The molecule has 0 amide bonds. The van der Waals surface area contributed by atoms with Gasteiger partial charge in [-0.15, -0.1) is 11.6 Å². The molecule has 21 heavy (non-hydrogen) atoms. The molecule has 0 fully saturated rings. The van der Waals surface area contributed by atoms with E-state index < -0.39 is 0 Å². The highest BCUT2D eigenvalue weighted by Crippen LogP contribution is 2.29. The number of halogens is 2. The standard InChI is InChI=1S/C16H15BrClN3/c17-15-9-13(10-18)4-5-16(15)21(8-2-6-19)12-14-3-1-7-20-11-14/h1,3-5,7,9,11H,2,8,10,12H2. The molecular formula is C16H15BrClN3. The molecule has 0 radical (unpaired) electrons. The number of anilines is 1. The molecule has 0 unspecified atom stereocenters. The van der Waals surface area contributed by atoms with Gasteiger partial charge in [0.15, 0.2) is 0 Å². The van der Waals surface area contributed by atoms with Crippen molar-refractivity contribution in [3.63, 3.8) is 0 Å². The predicted octanol–water partition coefficient (Wildman–Crippen LogP) is 4.50. The normalized spacial score (nSPS) is 10.1. The molecule has 5 heteroatoms. The SMILES string of the molecule is N#CCCN(Cc1cccnc1)c1ccc(CCl)cc1Br. The first kappa shape index (κ1) is 15.8. The zero-order chi connectivity index (χ0) is 15.1. The summed E-state index contributed by atoms with van der Waals surface area (Å²) in [4.78, 5) is 6.31. The lowest BCUT2D eigenvalue weighted by atomic mass is 10.2. The van der Waals surface area contributed by atoms with E-state index >= 15 is 0 Å². The first-order chi connectivity index (χ1) is 10.2. The fraction of sp³-hybridized carbons (Fsp3) is 0.250. The molecule has 1 heterocycles. The lowest BCUT2D eigenvalue weighted by Gasteiger charge is -2.25. The van der Waals surface area contributed by atoms with Gasteiger partial charge in [0, 0.05) is 35.8 Å². The maximum Gasteiger partial charge on any atom is 0.0640 e. The molecule has 3 nitrogen and oxygen atoms in total. The van der Waals surface area contributed by atoms with Crippen LogP contribution in [-0.2, 0) is 12.4 Å². The Morgan fingerprint density at radius 2 is 2.14 bits per heavy atom. The van der Waals surface area contributed by atoms with E-state index in [1.165, 1.54) is 0 Å². The molecule has 2 aromatic rings. The van der Waals surface area contributed by atoms with Crippen LogP contribution in [0.2, 0.25) is 0 Å². The van der Waals surface area contributed by atoms with Gasteiger partial charge in [0.05, 0.1) is 18.2 Å². The first-order valence-electron chi connectivity index (χ1n) is 6.60. The summed E-state index contributed by atoms with van der Waals surface area (Å²) in [5.74, 6) is 0.486. The summed E-state index contributed by atoms with van der Waals surface area (Å²) in [5.41, 5.74) is 3.24. The monoisotopic (exact) mass is 363 g/mol. The zero-order valence-corrected chi connectivity index (χ0v) is 13.8. The van der Waals surface area contributed by atoms with Crippen molar-refractivity contribution in [2.24, 2.45) is 0 Å². The number of hydrogen-bond donors (Lipinski definition) is 0. The summed E-state index contributed by atoms with van der Waals surface area (Å²) >= 11 is 9.45. The Morgan fingerprint density at radius 1 is 1.29 bits per heavy atom. The van der Waals surface area contributed by atoms with Crippen LogP contribution in [0.4, 0.5) is 5.69 Å². The van der Waals surface area contributed by atoms with Crippen molar-refractivity contribution in [2.75, 3.05) is 11.4 Å². The molecular weight excluding hydrogens is 350 g/mol. The number of hydrogen-bond acceptors (Lipinski definition) is 3. The predicted molar refractivity (Wildman–Crippen MR) is 89.2 cm³/mol. The lowest BCUT2D eigenvalue weighted by Crippen LogP contribution is -2.24. The number of alkyl halides is 1. The number of aromatic nitrogens is 1. The van der Waals surface area contributed by atoms with Gasteiger partial charge in [-0.1, -0.05) is 12.1 Å². The second kappa shape index (κ2) is 8.02. The highest BCUT2D eigenvalue weighted by molar-refractivity contribution is 9.10. The maximum absolute atomic E-state index is 8.86. The minimum absolute atomic E-state index is 0.476. The minimum Gasteiger partial charge on any atom is -0.365 e. The summed E-state index contributed by atoms with van der Waals surface area (Å²) in [7, 11) is 0. The van der Waals surface area contributed by atoms with Gasteiger partial charge in [0.2, 0.25) is 0 Å². The molecule has 0 saturated carbocycles. The molecule has 0 aliphatic rings. The third-order valence-electron chi connectivity index (χ3n) is 3.10. The van der Waals surface area contributed by atoms with Crippen molar-refractivity contribution in [2.45, 2.75) is 18.8 Å². The Bertz CT molecular complexity index is 625. The van der Waals surface area contributed by atoms with E-state index in [1.807, 2.05) is 36.5 Å². The third kappa shape index (κ3) is 4.45. The van der Waals surface area contributed by atoms with Crippen molar-refractivity contribution in [1.82, 2.24) is 4.98 Å². The van der Waals surface area contributed by atoms with Gasteiger partial charge in [0.1, 0.15) is 0 Å². The summed E-state index contributed by atoms with van der Waals surface area (Å²) in [6.07, 6.45) is 4.08. The van der Waals surface area contributed by atoms with Crippen LogP contribution in [0, 0.1) is 11.3 Å². The smallest absolute Gasteiger partial charge is 0.0640 e. The van der Waals surface area contributed by atoms with E-state index in [4.69, 9.17) is 16.9 Å². The quantitative estimate of drug-likeness (QED) is 0.708. The number of rotatable bonds is 6. The van der Waals surface area contributed by atoms with Crippen LogP contribution >= 0.6 is 27.5 Å². The second-order valence-electron chi connectivity index (χ2n) is 4.61. The van der Waals surface area contributed by atoms with Gasteiger partial charge in [-0.25, -0.2) is 0 Å². The molecule has 0 spiro atoms. The molecule has 0 N–H and O–H groups in total. The third-order valence-corrected chi connectivity index (χ3v) is 4.04. The zero-order valence-electron chi connectivity index (χ0n) is 11.5. The summed E-state index contributed by atoms with van der Waals surface area (Å²) in [6.45, 7) is 1.39. The Labute approximate surface area is 138 Å². The summed E-state index contributed by atoms with van der Waals surface area (Å²) in [6, 6.07) is 12.2. The molecule has 0 atom stereocenters. The molecule has 1 aromatic heterocycles. The number of benzene rings is 1. The first-order valence-corrected chi connectivity index (χ1v) is 7.92. The second-order valence-corrected chi connectivity index (χ2v) is 5.73. The molecule has 1 aromatic carbocycles. The average molecular weight is 365 g/mol. The highest BCUT2D eigenvalue weighted by atomic mass is 79.9. The topological polar surface area (TPSA) is 39.9 Å². The molecule has 0 aliphatic carbocycles. The van der Waals surface area contributed by atoms with Crippen molar-refractivity contribution < 1.29 is 0 Å². The number of nitriles is 1. The van der Waals surface area contributed by atoms with Crippen LogP contribution in [0.3, 0.4) is 0 Å². The Balaban J connectivity index is 2.25. The summed E-state index contributed by atoms with van der Waals surface area (Å²) in [5, 5.41) is 8.86. The number of nitrogens with zero attached hydrogens (tertiary/aromatic N) is 3. The van der Waals surface area contributed by atoms with Crippen LogP contribution in [-0.4, -0.2) is 11.5 Å². The van der Waals surface area contributed by atoms with E-state index in [2.05, 4.69) is 31.9 Å². The van der Waals surface area contributed by atoms with Gasteiger partial charge < -0.3 is 4.90 Å². The Morgan fingerprint density at radius 3 is 2.76 bits per heavy atom. The van der Waals surface area contributed by atoms with Gasteiger partial charge in [-0.2, -0.15) is 5.26 Å². The molecule has 0 saturated heterocycles. The van der Waals surface area contributed by atoms with Crippen molar-refractivity contribution in [3.8, 4) is 6.07 Å². The molecule has 0 bridgehead atoms. The van der Waals surface area contributed by atoms with Gasteiger partial charge >= 0.3 is 0 Å².